The molecule has 0 spiro atoms. The highest BCUT2D eigenvalue weighted by molar-refractivity contribution is 6.30. The van der Waals surface area contributed by atoms with E-state index in [0.29, 0.717) is 37.6 Å². The maximum absolute atomic E-state index is 12.6. The number of benzene rings is 1. The van der Waals surface area contributed by atoms with Gasteiger partial charge in [0.25, 0.3) is 0 Å². The van der Waals surface area contributed by atoms with E-state index >= 15 is 0 Å². The normalized spacial score (nSPS) is 14.9. The SMILES string of the molecule is CC(C)(C)OC(=O)NCCC(=O)N1CCCN(C(=O)Cc2ccc(Cl)cc2)CC1. The molecule has 1 heterocycles. The second-order valence-electron chi connectivity index (χ2n) is 8.10. The predicted octanol–water partition coefficient (Wildman–Crippen LogP) is 2.86. The van der Waals surface area contributed by atoms with E-state index in [1.807, 2.05) is 12.1 Å². The van der Waals surface area contributed by atoms with E-state index < -0.39 is 11.7 Å². The Hall–Kier alpha value is -2.28. The van der Waals surface area contributed by atoms with Crippen LogP contribution in [-0.2, 0) is 20.7 Å². The van der Waals surface area contributed by atoms with Crippen molar-refractivity contribution in [2.45, 2.75) is 45.6 Å². The first kappa shape index (κ1) is 23.0. The van der Waals surface area contributed by atoms with Crippen LogP contribution in [0.2, 0.25) is 5.02 Å². The van der Waals surface area contributed by atoms with Crippen molar-refractivity contribution in [1.82, 2.24) is 15.1 Å². The Morgan fingerprint density at radius 2 is 1.59 bits per heavy atom. The number of rotatable bonds is 5. The van der Waals surface area contributed by atoms with Crippen LogP contribution in [0.4, 0.5) is 4.79 Å². The Labute approximate surface area is 177 Å². The maximum Gasteiger partial charge on any atom is 0.407 e. The van der Waals surface area contributed by atoms with Gasteiger partial charge >= 0.3 is 6.09 Å². The molecule has 1 N–H and O–H groups in total. The van der Waals surface area contributed by atoms with Crippen LogP contribution in [0.15, 0.2) is 24.3 Å². The molecule has 1 aliphatic heterocycles. The lowest BCUT2D eigenvalue weighted by atomic mass is 10.1. The zero-order valence-corrected chi connectivity index (χ0v) is 18.1. The predicted molar refractivity (Wildman–Crippen MR) is 112 cm³/mol. The molecule has 1 fully saturated rings. The summed E-state index contributed by atoms with van der Waals surface area (Å²) < 4.78 is 5.15. The number of carbonyl (C=O) groups excluding carboxylic acids is 3. The zero-order chi connectivity index (χ0) is 21.4. The topological polar surface area (TPSA) is 79.0 Å². The van der Waals surface area contributed by atoms with Crippen LogP contribution in [0.3, 0.4) is 0 Å². The number of ether oxygens (including phenoxy) is 1. The summed E-state index contributed by atoms with van der Waals surface area (Å²) in [6.45, 7) is 7.83. The van der Waals surface area contributed by atoms with Crippen LogP contribution in [0, 0.1) is 0 Å². The van der Waals surface area contributed by atoms with Crippen molar-refractivity contribution in [2.24, 2.45) is 0 Å². The van der Waals surface area contributed by atoms with Crippen molar-refractivity contribution in [1.29, 1.82) is 0 Å². The van der Waals surface area contributed by atoms with Gasteiger partial charge in [-0.2, -0.15) is 0 Å². The molecule has 0 atom stereocenters. The molecule has 2 rings (SSSR count). The quantitative estimate of drug-likeness (QED) is 0.789. The zero-order valence-electron chi connectivity index (χ0n) is 17.4. The van der Waals surface area contributed by atoms with Crippen molar-refractivity contribution >= 4 is 29.5 Å². The number of carbonyl (C=O) groups is 3. The van der Waals surface area contributed by atoms with E-state index in [-0.39, 0.29) is 24.8 Å². The van der Waals surface area contributed by atoms with Crippen LogP contribution < -0.4 is 5.32 Å². The van der Waals surface area contributed by atoms with E-state index in [1.54, 1.807) is 42.7 Å². The highest BCUT2D eigenvalue weighted by atomic mass is 35.5. The number of hydrogen-bond donors (Lipinski definition) is 1. The molecular weight excluding hydrogens is 394 g/mol. The van der Waals surface area contributed by atoms with Gasteiger partial charge in [0.05, 0.1) is 6.42 Å². The van der Waals surface area contributed by atoms with Crippen LogP contribution in [0.5, 0.6) is 0 Å². The van der Waals surface area contributed by atoms with Crippen molar-refractivity contribution in [3.8, 4) is 0 Å². The lowest BCUT2D eigenvalue weighted by molar-refractivity contribution is -0.133. The molecule has 0 saturated carbocycles. The fraction of sp³-hybridized carbons (Fsp3) is 0.571. The summed E-state index contributed by atoms with van der Waals surface area (Å²) in [5.41, 5.74) is 0.353. The summed E-state index contributed by atoms with van der Waals surface area (Å²) >= 11 is 5.88. The highest BCUT2D eigenvalue weighted by Gasteiger charge is 2.22. The van der Waals surface area contributed by atoms with E-state index in [2.05, 4.69) is 5.32 Å². The van der Waals surface area contributed by atoms with Crippen molar-refractivity contribution in [3.63, 3.8) is 0 Å². The molecule has 1 aliphatic rings. The number of nitrogens with one attached hydrogen (secondary N) is 1. The molecule has 0 aromatic heterocycles. The monoisotopic (exact) mass is 423 g/mol. The Kier molecular flexibility index (Phi) is 8.32. The fourth-order valence-electron chi connectivity index (χ4n) is 3.05. The largest absolute Gasteiger partial charge is 0.444 e. The van der Waals surface area contributed by atoms with E-state index in [0.717, 1.165) is 12.0 Å². The minimum atomic E-state index is -0.569. The molecule has 1 aromatic rings. The molecule has 3 amide bonds. The second-order valence-corrected chi connectivity index (χ2v) is 8.53. The van der Waals surface area contributed by atoms with Crippen LogP contribution in [0.1, 0.15) is 39.2 Å². The standard InChI is InChI=1S/C21H30ClN3O4/c1-21(2,3)29-20(28)23-10-9-18(26)24-11-4-12-25(14-13-24)19(27)15-16-5-7-17(22)8-6-16/h5-8H,4,9-15H2,1-3H3,(H,23,28). The Bertz CT molecular complexity index is 716. The van der Waals surface area contributed by atoms with E-state index in [9.17, 15) is 14.4 Å². The summed E-state index contributed by atoms with van der Waals surface area (Å²) in [5, 5.41) is 3.25. The third-order valence-corrected chi connectivity index (χ3v) is 4.73. The third-order valence-electron chi connectivity index (χ3n) is 4.48. The van der Waals surface area contributed by atoms with Crippen LogP contribution >= 0.6 is 11.6 Å². The minimum absolute atomic E-state index is 0.0342. The summed E-state index contributed by atoms with van der Waals surface area (Å²) in [6, 6.07) is 7.26. The van der Waals surface area contributed by atoms with Gasteiger partial charge in [0.15, 0.2) is 0 Å². The number of alkyl carbamates (subject to hydrolysis) is 1. The molecule has 0 aliphatic carbocycles. The van der Waals surface area contributed by atoms with Gasteiger partial charge in [0.2, 0.25) is 11.8 Å². The van der Waals surface area contributed by atoms with Gasteiger partial charge < -0.3 is 19.9 Å². The maximum atomic E-state index is 12.6. The average Bonchev–Trinajstić information content (AvgIpc) is 2.88. The first-order valence-corrected chi connectivity index (χ1v) is 10.3. The summed E-state index contributed by atoms with van der Waals surface area (Å²) in [4.78, 5) is 40.2. The molecular formula is C21H30ClN3O4. The summed E-state index contributed by atoms with van der Waals surface area (Å²) in [7, 11) is 0. The molecule has 1 aromatic carbocycles. The molecule has 0 bridgehead atoms. The average molecular weight is 424 g/mol. The number of halogens is 1. The van der Waals surface area contributed by atoms with Gasteiger partial charge in [0.1, 0.15) is 5.60 Å². The third kappa shape index (κ3) is 8.31. The van der Waals surface area contributed by atoms with Gasteiger partial charge in [-0.05, 0) is 44.9 Å². The summed E-state index contributed by atoms with van der Waals surface area (Å²) in [5.74, 6) is 0.0151. The van der Waals surface area contributed by atoms with Gasteiger partial charge in [0, 0.05) is 44.2 Å². The number of amides is 3. The van der Waals surface area contributed by atoms with Gasteiger partial charge in [-0.3, -0.25) is 9.59 Å². The first-order valence-electron chi connectivity index (χ1n) is 9.91. The van der Waals surface area contributed by atoms with Crippen molar-refractivity contribution in [3.05, 3.63) is 34.9 Å². The lowest BCUT2D eigenvalue weighted by Crippen LogP contribution is -2.39. The fourth-order valence-corrected chi connectivity index (χ4v) is 3.17. The first-order chi connectivity index (χ1) is 13.6. The Morgan fingerprint density at radius 1 is 1.00 bits per heavy atom. The van der Waals surface area contributed by atoms with Crippen molar-refractivity contribution in [2.75, 3.05) is 32.7 Å². The molecule has 0 unspecified atom stereocenters. The smallest absolute Gasteiger partial charge is 0.407 e. The number of hydrogen-bond acceptors (Lipinski definition) is 4. The summed E-state index contributed by atoms with van der Waals surface area (Å²) in [6.07, 6.45) is 0.737. The number of nitrogens with zero attached hydrogens (tertiary/aromatic N) is 2. The van der Waals surface area contributed by atoms with Gasteiger partial charge in [-0.15, -0.1) is 0 Å². The van der Waals surface area contributed by atoms with Crippen molar-refractivity contribution < 1.29 is 19.1 Å². The second kappa shape index (κ2) is 10.5. The Balaban J connectivity index is 1.75. The Morgan fingerprint density at radius 3 is 2.17 bits per heavy atom. The van der Waals surface area contributed by atoms with E-state index in [4.69, 9.17) is 16.3 Å². The molecule has 8 heteroatoms. The highest BCUT2D eigenvalue weighted by Crippen LogP contribution is 2.12. The molecule has 7 nitrogen and oxygen atoms in total. The van der Waals surface area contributed by atoms with E-state index in [1.165, 1.54) is 0 Å². The van der Waals surface area contributed by atoms with Gasteiger partial charge in [-0.25, -0.2) is 4.79 Å². The molecule has 29 heavy (non-hydrogen) atoms. The van der Waals surface area contributed by atoms with Gasteiger partial charge in [-0.1, -0.05) is 23.7 Å². The molecule has 160 valence electrons. The molecule has 1 saturated heterocycles. The lowest BCUT2D eigenvalue weighted by Gasteiger charge is -2.23. The molecule has 0 radical (unpaired) electrons. The van der Waals surface area contributed by atoms with Crippen LogP contribution in [0.25, 0.3) is 0 Å². The van der Waals surface area contributed by atoms with Crippen LogP contribution in [-0.4, -0.2) is 66.0 Å². The minimum Gasteiger partial charge on any atom is -0.444 e.